The van der Waals surface area contributed by atoms with Gasteiger partial charge >= 0.3 is 5.97 Å². The molecule has 0 saturated carbocycles. The van der Waals surface area contributed by atoms with E-state index in [0.717, 1.165) is 13.0 Å². The molecule has 1 atom stereocenters. The molecule has 0 bridgehead atoms. The van der Waals surface area contributed by atoms with Gasteiger partial charge in [0, 0.05) is 26.1 Å². The lowest BCUT2D eigenvalue weighted by molar-refractivity contribution is -0.137. The number of carbonyl (C=O) groups is 1. The second-order valence-electron chi connectivity index (χ2n) is 6.14. The van der Waals surface area contributed by atoms with Gasteiger partial charge < -0.3 is 14.9 Å². The molecule has 0 aromatic heterocycles. The van der Waals surface area contributed by atoms with Crippen LogP contribution in [0.4, 0.5) is 0 Å². The average Bonchev–Trinajstić information content (AvgIpc) is 2.44. The second kappa shape index (κ2) is 7.85. The van der Waals surface area contributed by atoms with E-state index in [1.165, 1.54) is 64.8 Å². The van der Waals surface area contributed by atoms with Gasteiger partial charge in [0.05, 0.1) is 0 Å². The topological polar surface area (TPSA) is 43.8 Å². The summed E-state index contributed by atoms with van der Waals surface area (Å²) in [5.74, 6) is -0.0448. The molecular formula is C15H28N2O2. The van der Waals surface area contributed by atoms with E-state index < -0.39 is 5.97 Å². The highest BCUT2D eigenvalue weighted by Crippen LogP contribution is 2.21. The van der Waals surface area contributed by atoms with E-state index in [9.17, 15) is 4.79 Å². The summed E-state index contributed by atoms with van der Waals surface area (Å²) in [6.45, 7) is 7.24. The molecule has 1 unspecified atom stereocenters. The minimum absolute atomic E-state index is 0.338. The van der Waals surface area contributed by atoms with E-state index in [0.29, 0.717) is 12.3 Å². The van der Waals surface area contributed by atoms with Crippen molar-refractivity contribution in [3.8, 4) is 0 Å². The lowest BCUT2D eigenvalue weighted by Crippen LogP contribution is -2.42. The van der Waals surface area contributed by atoms with Crippen molar-refractivity contribution in [2.24, 2.45) is 5.92 Å². The van der Waals surface area contributed by atoms with E-state index >= 15 is 0 Å². The predicted molar refractivity (Wildman–Crippen MR) is 76.3 cm³/mol. The highest BCUT2D eigenvalue weighted by atomic mass is 16.4. The first-order chi connectivity index (χ1) is 9.24. The van der Waals surface area contributed by atoms with Crippen LogP contribution in [-0.2, 0) is 4.79 Å². The predicted octanol–water partition coefficient (Wildman–Crippen LogP) is 2.05. The average molecular weight is 268 g/mol. The van der Waals surface area contributed by atoms with Crippen molar-refractivity contribution in [1.82, 2.24) is 9.80 Å². The molecule has 0 radical (unpaired) electrons. The Kier molecular flexibility index (Phi) is 6.11. The van der Waals surface area contributed by atoms with Crippen LogP contribution >= 0.6 is 0 Å². The van der Waals surface area contributed by atoms with Gasteiger partial charge in [-0.05, 0) is 57.7 Å². The fraction of sp³-hybridized carbons (Fsp3) is 0.933. The molecule has 4 heteroatoms. The van der Waals surface area contributed by atoms with Crippen LogP contribution in [-0.4, -0.2) is 60.1 Å². The molecule has 2 rings (SSSR count). The maximum Gasteiger partial charge on any atom is 0.303 e. The van der Waals surface area contributed by atoms with Gasteiger partial charge in [0.1, 0.15) is 0 Å². The number of hydrogen-bond donors (Lipinski definition) is 1. The van der Waals surface area contributed by atoms with Gasteiger partial charge in [0.15, 0.2) is 0 Å². The first-order valence-electron chi connectivity index (χ1n) is 7.90. The number of likely N-dealkylation sites (tertiary alicyclic amines) is 2. The number of hydrogen-bond acceptors (Lipinski definition) is 3. The molecule has 2 heterocycles. The quantitative estimate of drug-likeness (QED) is 0.801. The molecule has 2 aliphatic rings. The maximum absolute atomic E-state index is 10.6. The highest BCUT2D eigenvalue weighted by Gasteiger charge is 2.21. The Morgan fingerprint density at radius 1 is 1.00 bits per heavy atom. The number of rotatable bonds is 6. The second-order valence-corrected chi connectivity index (χ2v) is 6.14. The van der Waals surface area contributed by atoms with Gasteiger partial charge in [-0.2, -0.15) is 0 Å². The summed E-state index contributed by atoms with van der Waals surface area (Å²) in [5.41, 5.74) is 0. The Morgan fingerprint density at radius 2 is 1.68 bits per heavy atom. The van der Waals surface area contributed by atoms with Crippen LogP contribution in [0.1, 0.15) is 44.9 Å². The van der Waals surface area contributed by atoms with E-state index in [1.807, 2.05) is 0 Å². The van der Waals surface area contributed by atoms with E-state index in [2.05, 4.69) is 9.80 Å². The summed E-state index contributed by atoms with van der Waals surface area (Å²) in [7, 11) is 0. The van der Waals surface area contributed by atoms with E-state index in [-0.39, 0.29) is 0 Å². The Morgan fingerprint density at radius 3 is 2.42 bits per heavy atom. The van der Waals surface area contributed by atoms with Crippen LogP contribution in [0.3, 0.4) is 0 Å². The molecule has 0 amide bonds. The number of aliphatic carboxylic acids is 1. The molecular weight excluding hydrogens is 240 g/mol. The molecule has 0 aromatic carbocycles. The number of nitrogens with zero attached hydrogens (tertiary/aromatic N) is 2. The lowest BCUT2D eigenvalue weighted by atomic mass is 9.93. The normalized spacial score (nSPS) is 26.4. The van der Waals surface area contributed by atoms with Crippen molar-refractivity contribution in [2.45, 2.75) is 44.9 Å². The fourth-order valence-electron chi connectivity index (χ4n) is 3.38. The van der Waals surface area contributed by atoms with Crippen LogP contribution in [0.25, 0.3) is 0 Å². The molecule has 2 saturated heterocycles. The fourth-order valence-corrected chi connectivity index (χ4v) is 3.38. The zero-order chi connectivity index (χ0) is 13.5. The summed E-state index contributed by atoms with van der Waals surface area (Å²) in [6.07, 6.45) is 7.78. The summed E-state index contributed by atoms with van der Waals surface area (Å²) in [4.78, 5) is 15.8. The third-order valence-electron chi connectivity index (χ3n) is 4.55. The number of carboxylic acid groups (broad SMARTS) is 1. The molecule has 2 aliphatic heterocycles. The third-order valence-corrected chi connectivity index (χ3v) is 4.55. The Hall–Kier alpha value is -0.610. The largest absolute Gasteiger partial charge is 0.481 e. The molecule has 4 nitrogen and oxygen atoms in total. The number of carboxylic acids is 1. The number of piperidine rings is 2. The lowest BCUT2D eigenvalue weighted by Gasteiger charge is -2.35. The minimum atomic E-state index is -0.648. The van der Waals surface area contributed by atoms with Crippen LogP contribution in [0.2, 0.25) is 0 Å². The standard InChI is InChI=1S/C15H28N2O2/c18-15(19)7-6-14-5-4-10-17(13-14)12-11-16-8-2-1-3-9-16/h14H,1-13H2,(H,18,19). The van der Waals surface area contributed by atoms with Crippen molar-refractivity contribution in [3.63, 3.8) is 0 Å². The van der Waals surface area contributed by atoms with Gasteiger partial charge in [0.25, 0.3) is 0 Å². The van der Waals surface area contributed by atoms with Crippen LogP contribution < -0.4 is 0 Å². The van der Waals surface area contributed by atoms with Gasteiger partial charge in [-0.25, -0.2) is 0 Å². The van der Waals surface area contributed by atoms with E-state index in [1.54, 1.807) is 0 Å². The molecule has 0 aliphatic carbocycles. The zero-order valence-corrected chi connectivity index (χ0v) is 12.0. The van der Waals surface area contributed by atoms with Crippen molar-refractivity contribution >= 4 is 5.97 Å². The van der Waals surface area contributed by atoms with Crippen LogP contribution in [0, 0.1) is 5.92 Å². The van der Waals surface area contributed by atoms with Crippen molar-refractivity contribution in [1.29, 1.82) is 0 Å². The molecule has 19 heavy (non-hydrogen) atoms. The maximum atomic E-state index is 10.6. The molecule has 2 fully saturated rings. The summed E-state index contributed by atoms with van der Waals surface area (Å²) >= 11 is 0. The monoisotopic (exact) mass is 268 g/mol. The smallest absolute Gasteiger partial charge is 0.303 e. The molecule has 110 valence electrons. The minimum Gasteiger partial charge on any atom is -0.481 e. The Labute approximate surface area is 116 Å². The SMILES string of the molecule is O=C(O)CCC1CCCN(CCN2CCCCC2)C1. The Bertz CT molecular complexity index is 277. The first-order valence-corrected chi connectivity index (χ1v) is 7.90. The summed E-state index contributed by atoms with van der Waals surface area (Å²) in [5, 5.41) is 8.76. The van der Waals surface area contributed by atoms with Gasteiger partial charge in [-0.15, -0.1) is 0 Å². The first kappa shape index (κ1) is 14.8. The molecule has 0 spiro atoms. The van der Waals surface area contributed by atoms with Crippen molar-refractivity contribution < 1.29 is 9.90 Å². The van der Waals surface area contributed by atoms with Crippen molar-refractivity contribution in [2.75, 3.05) is 39.3 Å². The van der Waals surface area contributed by atoms with Gasteiger partial charge in [0.2, 0.25) is 0 Å². The van der Waals surface area contributed by atoms with Gasteiger partial charge in [-0.3, -0.25) is 4.79 Å². The molecule has 0 aromatic rings. The Balaban J connectivity index is 1.64. The molecule has 1 N–H and O–H groups in total. The van der Waals surface area contributed by atoms with Crippen molar-refractivity contribution in [3.05, 3.63) is 0 Å². The summed E-state index contributed by atoms with van der Waals surface area (Å²) < 4.78 is 0. The summed E-state index contributed by atoms with van der Waals surface area (Å²) in [6, 6.07) is 0. The zero-order valence-electron chi connectivity index (χ0n) is 12.0. The third kappa shape index (κ3) is 5.49. The van der Waals surface area contributed by atoms with E-state index in [4.69, 9.17) is 5.11 Å². The van der Waals surface area contributed by atoms with Crippen LogP contribution in [0.5, 0.6) is 0 Å². The van der Waals surface area contributed by atoms with Crippen LogP contribution in [0.15, 0.2) is 0 Å². The van der Waals surface area contributed by atoms with Gasteiger partial charge in [-0.1, -0.05) is 6.42 Å². The highest BCUT2D eigenvalue weighted by molar-refractivity contribution is 5.66.